The third kappa shape index (κ3) is 7.10. The Hall–Kier alpha value is -2.32. The minimum absolute atomic E-state index is 0.0146. The molecule has 3 rings (SSSR count). The molecule has 0 bridgehead atoms. The zero-order chi connectivity index (χ0) is 25.7. The van der Waals surface area contributed by atoms with Crippen LogP contribution in [0, 0.1) is 5.92 Å². The van der Waals surface area contributed by atoms with Crippen LogP contribution in [-0.4, -0.2) is 17.6 Å². The molecule has 0 saturated heterocycles. The molecule has 1 heterocycles. The van der Waals surface area contributed by atoms with E-state index in [1.807, 2.05) is 13.8 Å². The fraction of sp³-hybridized carbons (Fsp3) is 0.250. The molecule has 0 aliphatic heterocycles. The molecule has 1 atom stereocenters. The molecule has 0 saturated carbocycles. The van der Waals surface area contributed by atoms with Crippen LogP contribution in [0.2, 0.25) is 20.4 Å². The number of carbonyl (C=O) groups excluding carboxylic acids is 1. The van der Waals surface area contributed by atoms with Crippen LogP contribution in [0.25, 0.3) is 0 Å². The summed E-state index contributed by atoms with van der Waals surface area (Å²) in [4.78, 5) is 16.6. The second-order valence-electron chi connectivity index (χ2n) is 7.67. The molecule has 0 fully saturated rings. The van der Waals surface area contributed by atoms with Gasteiger partial charge in [0.2, 0.25) is 0 Å². The Morgan fingerprint density at radius 2 is 1.43 bits per heavy atom. The van der Waals surface area contributed by atoms with E-state index >= 15 is 0 Å². The lowest BCUT2D eigenvalue weighted by Gasteiger charge is -2.20. The number of pyridine rings is 1. The second kappa shape index (κ2) is 12.1. The number of hydrogen-bond acceptors (Lipinski definition) is 5. The number of halogens is 6. The molecule has 1 unspecified atom stereocenters. The first-order valence-electron chi connectivity index (χ1n) is 10.2. The van der Waals surface area contributed by atoms with Crippen molar-refractivity contribution in [1.29, 1.82) is 0 Å². The summed E-state index contributed by atoms with van der Waals surface area (Å²) in [5.41, 5.74) is 1.34. The predicted molar refractivity (Wildman–Crippen MR) is 131 cm³/mol. The van der Waals surface area contributed by atoms with Crippen molar-refractivity contribution >= 4 is 52.4 Å². The summed E-state index contributed by atoms with van der Waals surface area (Å²) in [5, 5.41) is -0.0498. The first kappa shape index (κ1) is 27.3. The minimum Gasteiger partial charge on any atom is -0.460 e. The Balaban J connectivity index is 1.65. The smallest absolute Gasteiger partial charge is 0.387 e. The van der Waals surface area contributed by atoms with Gasteiger partial charge in [-0.05, 0) is 41.3 Å². The van der Waals surface area contributed by atoms with E-state index in [4.69, 9.17) is 55.9 Å². The van der Waals surface area contributed by atoms with Crippen LogP contribution in [-0.2, 0) is 16.1 Å². The Morgan fingerprint density at radius 1 is 0.886 bits per heavy atom. The van der Waals surface area contributed by atoms with Gasteiger partial charge < -0.3 is 14.2 Å². The zero-order valence-electron chi connectivity index (χ0n) is 18.4. The monoisotopic (exact) mass is 563 g/mol. The highest BCUT2D eigenvalue weighted by molar-refractivity contribution is 6.47. The summed E-state index contributed by atoms with van der Waals surface area (Å²) < 4.78 is 40.3. The molecule has 0 aliphatic carbocycles. The number of nitrogens with zero attached hydrogens (tertiary/aromatic N) is 1. The summed E-state index contributed by atoms with van der Waals surface area (Å²) >= 11 is 24.1. The van der Waals surface area contributed by atoms with E-state index in [1.165, 1.54) is 12.1 Å². The molecule has 35 heavy (non-hydrogen) atoms. The van der Waals surface area contributed by atoms with E-state index in [9.17, 15) is 13.6 Å². The maximum Gasteiger partial charge on any atom is 0.387 e. The average Bonchev–Trinajstić information content (AvgIpc) is 2.80. The number of aromatic nitrogens is 1. The second-order valence-corrected chi connectivity index (χ2v) is 9.15. The first-order valence-corrected chi connectivity index (χ1v) is 11.8. The van der Waals surface area contributed by atoms with Gasteiger partial charge in [-0.3, -0.25) is 4.79 Å². The highest BCUT2D eigenvalue weighted by Crippen LogP contribution is 2.42. The summed E-state index contributed by atoms with van der Waals surface area (Å²) in [5.74, 6) is -0.628. The van der Waals surface area contributed by atoms with Gasteiger partial charge in [-0.25, -0.2) is 4.98 Å². The molecule has 0 amide bonds. The summed E-state index contributed by atoms with van der Waals surface area (Å²) in [6.07, 6.45) is 0. The predicted octanol–water partition coefficient (Wildman–Crippen LogP) is 8.57. The van der Waals surface area contributed by atoms with Crippen molar-refractivity contribution in [2.75, 3.05) is 0 Å². The van der Waals surface area contributed by atoms with Crippen LogP contribution in [0.1, 0.15) is 30.9 Å². The topological polar surface area (TPSA) is 57.7 Å². The summed E-state index contributed by atoms with van der Waals surface area (Å²) in [6.45, 7) is 0.840. The van der Waals surface area contributed by atoms with Gasteiger partial charge >= 0.3 is 12.6 Å². The van der Waals surface area contributed by atoms with Crippen molar-refractivity contribution in [1.82, 2.24) is 4.98 Å². The number of benzene rings is 2. The van der Waals surface area contributed by atoms with Crippen LogP contribution in [0.15, 0.2) is 48.5 Å². The standard InChI is InChI=1S/C24H19Cl4F2NO4/c1-12(2)17(14-5-9-16(10-6-14)35-24(29)30)23(32)33-11-13-3-7-15(8-4-13)34-20-18(25)21(27)31-22(28)19(20)26/h3-10,12,17,24H,11H2,1-2H3. The number of alkyl halides is 2. The number of rotatable bonds is 9. The molecule has 5 nitrogen and oxygen atoms in total. The quantitative estimate of drug-likeness (QED) is 0.192. The lowest BCUT2D eigenvalue weighted by atomic mass is 9.88. The van der Waals surface area contributed by atoms with Crippen LogP contribution in [0.4, 0.5) is 8.78 Å². The van der Waals surface area contributed by atoms with Crippen LogP contribution in [0.5, 0.6) is 17.2 Å². The Morgan fingerprint density at radius 3 is 1.94 bits per heavy atom. The number of esters is 1. The summed E-state index contributed by atoms with van der Waals surface area (Å²) in [6, 6.07) is 12.6. The van der Waals surface area contributed by atoms with Crippen molar-refractivity contribution in [2.45, 2.75) is 33.0 Å². The van der Waals surface area contributed by atoms with E-state index < -0.39 is 18.5 Å². The molecule has 0 spiro atoms. The highest BCUT2D eigenvalue weighted by atomic mass is 35.5. The van der Waals surface area contributed by atoms with E-state index in [0.29, 0.717) is 16.9 Å². The Kier molecular flexibility index (Phi) is 9.41. The Bertz CT molecular complexity index is 1150. The van der Waals surface area contributed by atoms with Gasteiger partial charge in [-0.2, -0.15) is 8.78 Å². The molecule has 0 radical (unpaired) electrons. The lowest BCUT2D eigenvalue weighted by molar-refractivity contribution is -0.148. The highest BCUT2D eigenvalue weighted by Gasteiger charge is 2.26. The van der Waals surface area contributed by atoms with Crippen molar-refractivity contribution in [3.05, 3.63) is 80.0 Å². The van der Waals surface area contributed by atoms with E-state index in [0.717, 1.165) is 0 Å². The van der Waals surface area contributed by atoms with Crippen molar-refractivity contribution in [2.24, 2.45) is 5.92 Å². The van der Waals surface area contributed by atoms with Crippen LogP contribution < -0.4 is 9.47 Å². The van der Waals surface area contributed by atoms with Crippen molar-refractivity contribution < 1.29 is 27.8 Å². The molecule has 2 aromatic carbocycles. The zero-order valence-corrected chi connectivity index (χ0v) is 21.4. The van der Waals surface area contributed by atoms with Crippen LogP contribution in [0.3, 0.4) is 0 Å². The van der Waals surface area contributed by atoms with Gasteiger partial charge in [0.05, 0.1) is 5.92 Å². The van der Waals surface area contributed by atoms with Crippen LogP contribution >= 0.6 is 46.4 Å². The third-order valence-corrected chi connectivity index (χ3v) is 6.31. The van der Waals surface area contributed by atoms with Gasteiger partial charge in [0.15, 0.2) is 16.1 Å². The number of hydrogen-bond donors (Lipinski definition) is 0. The summed E-state index contributed by atoms with van der Waals surface area (Å²) in [7, 11) is 0. The normalized spacial score (nSPS) is 12.1. The van der Waals surface area contributed by atoms with Gasteiger partial charge in [0.1, 0.15) is 28.2 Å². The Labute approximate surface area is 220 Å². The van der Waals surface area contributed by atoms with Crippen molar-refractivity contribution in [3.8, 4) is 17.2 Å². The third-order valence-electron chi connectivity index (χ3n) is 4.87. The minimum atomic E-state index is -2.92. The molecular weight excluding hydrogens is 546 g/mol. The fourth-order valence-electron chi connectivity index (χ4n) is 3.22. The van der Waals surface area contributed by atoms with E-state index in [-0.39, 0.29) is 44.4 Å². The SMILES string of the molecule is CC(C)C(C(=O)OCc1ccc(Oc2c(Cl)c(Cl)nc(Cl)c2Cl)cc1)c1ccc(OC(F)F)cc1. The van der Waals surface area contributed by atoms with Gasteiger partial charge in [0.25, 0.3) is 0 Å². The van der Waals surface area contributed by atoms with Gasteiger partial charge in [0, 0.05) is 0 Å². The molecule has 0 N–H and O–H groups in total. The maximum atomic E-state index is 12.8. The number of ether oxygens (including phenoxy) is 3. The van der Waals surface area contributed by atoms with Crippen molar-refractivity contribution in [3.63, 3.8) is 0 Å². The largest absolute Gasteiger partial charge is 0.460 e. The number of carbonyl (C=O) groups is 1. The molecule has 3 aromatic rings. The van der Waals surface area contributed by atoms with E-state index in [1.54, 1.807) is 36.4 Å². The molecular formula is C24H19Cl4F2NO4. The van der Waals surface area contributed by atoms with Gasteiger partial charge in [-0.15, -0.1) is 0 Å². The maximum absolute atomic E-state index is 12.8. The molecule has 11 heteroatoms. The average molecular weight is 565 g/mol. The molecule has 1 aromatic heterocycles. The van der Waals surface area contributed by atoms with Gasteiger partial charge in [-0.1, -0.05) is 84.5 Å². The molecule has 186 valence electrons. The lowest BCUT2D eigenvalue weighted by Crippen LogP contribution is -2.21. The first-order chi connectivity index (χ1) is 16.6. The fourth-order valence-corrected chi connectivity index (χ4v) is 4.01. The molecule has 0 aliphatic rings. The van der Waals surface area contributed by atoms with E-state index in [2.05, 4.69) is 9.72 Å².